The molecule has 20 heavy (non-hydrogen) atoms. The zero-order chi connectivity index (χ0) is 13.9. The third-order valence-electron chi connectivity index (χ3n) is 2.84. The van der Waals surface area contributed by atoms with E-state index in [2.05, 4.69) is 44.2 Å². The minimum Gasteiger partial charge on any atom is -0.192 e. The summed E-state index contributed by atoms with van der Waals surface area (Å²) in [4.78, 5) is 0. The Balaban J connectivity index is 2.22. The molecular formula is C14H8IN5. The van der Waals surface area contributed by atoms with Gasteiger partial charge in [-0.1, -0.05) is 30.3 Å². The number of aromatic nitrogens is 4. The molecule has 0 spiro atoms. The molecule has 0 saturated carbocycles. The summed E-state index contributed by atoms with van der Waals surface area (Å²) in [5.74, 6) is 0.623. The molecule has 2 aromatic carbocycles. The van der Waals surface area contributed by atoms with Crippen molar-refractivity contribution in [2.24, 2.45) is 0 Å². The topological polar surface area (TPSA) is 67.4 Å². The fourth-order valence-electron chi connectivity index (χ4n) is 1.91. The summed E-state index contributed by atoms with van der Waals surface area (Å²) in [5.41, 5.74) is 2.15. The van der Waals surface area contributed by atoms with Crippen molar-refractivity contribution in [1.82, 2.24) is 20.2 Å². The molecule has 6 heteroatoms. The van der Waals surface area contributed by atoms with Crippen LogP contribution in [-0.2, 0) is 0 Å². The molecule has 0 aliphatic carbocycles. The fourth-order valence-corrected chi connectivity index (χ4v) is 2.54. The van der Waals surface area contributed by atoms with Gasteiger partial charge in [-0.05, 0) is 51.2 Å². The van der Waals surface area contributed by atoms with Gasteiger partial charge in [0.05, 0.1) is 11.3 Å². The molecule has 0 bridgehead atoms. The van der Waals surface area contributed by atoms with Crippen molar-refractivity contribution in [3.63, 3.8) is 0 Å². The summed E-state index contributed by atoms with van der Waals surface area (Å²) in [5, 5.41) is 21.0. The fraction of sp³-hybridized carbons (Fsp3) is 0. The van der Waals surface area contributed by atoms with Gasteiger partial charge in [0.15, 0.2) is 5.82 Å². The predicted octanol–water partition coefficient (Wildman–Crippen LogP) is 2.81. The highest BCUT2D eigenvalue weighted by Crippen LogP contribution is 2.25. The van der Waals surface area contributed by atoms with Gasteiger partial charge in [0.1, 0.15) is 6.07 Å². The number of hydrogen-bond donors (Lipinski definition) is 0. The summed E-state index contributed by atoms with van der Waals surface area (Å²) >= 11 is 2.24. The van der Waals surface area contributed by atoms with E-state index in [-0.39, 0.29) is 0 Å². The maximum atomic E-state index is 9.20. The molecule has 1 heterocycles. The highest BCUT2D eigenvalue weighted by Gasteiger charge is 2.15. The highest BCUT2D eigenvalue weighted by molar-refractivity contribution is 14.1. The molecule has 0 N–H and O–H groups in total. The molecule has 0 atom stereocenters. The Hall–Kier alpha value is -2.27. The summed E-state index contributed by atoms with van der Waals surface area (Å²) in [7, 11) is 0. The Morgan fingerprint density at radius 1 is 1.05 bits per heavy atom. The number of para-hydroxylation sites is 1. The molecule has 0 unspecified atom stereocenters. The summed E-state index contributed by atoms with van der Waals surface area (Å²) in [6, 6.07) is 17.3. The van der Waals surface area contributed by atoms with Crippen LogP contribution in [0.4, 0.5) is 0 Å². The third-order valence-corrected chi connectivity index (χ3v) is 3.78. The number of nitrogens with zero attached hydrogens (tertiary/aromatic N) is 5. The van der Waals surface area contributed by atoms with Crippen LogP contribution in [0.1, 0.15) is 5.56 Å². The zero-order valence-corrected chi connectivity index (χ0v) is 12.4. The smallest absolute Gasteiger partial charge is 0.188 e. The van der Waals surface area contributed by atoms with E-state index in [4.69, 9.17) is 0 Å². The molecule has 0 fully saturated rings. The zero-order valence-electron chi connectivity index (χ0n) is 10.2. The molecule has 0 radical (unpaired) electrons. The summed E-state index contributed by atoms with van der Waals surface area (Å²) < 4.78 is 2.64. The lowest BCUT2D eigenvalue weighted by Crippen LogP contribution is -2.03. The van der Waals surface area contributed by atoms with Crippen molar-refractivity contribution in [1.29, 1.82) is 5.26 Å². The monoisotopic (exact) mass is 373 g/mol. The Bertz CT molecular complexity index is 803. The molecule has 1 aromatic heterocycles. The van der Waals surface area contributed by atoms with E-state index in [1.54, 1.807) is 10.7 Å². The van der Waals surface area contributed by atoms with Crippen molar-refractivity contribution >= 4 is 22.6 Å². The van der Waals surface area contributed by atoms with Gasteiger partial charge < -0.3 is 0 Å². The normalized spacial score (nSPS) is 10.2. The number of halogens is 1. The molecule has 96 valence electrons. The second-order valence-corrected chi connectivity index (χ2v) is 5.19. The van der Waals surface area contributed by atoms with E-state index >= 15 is 0 Å². The van der Waals surface area contributed by atoms with Gasteiger partial charge in [0.2, 0.25) is 0 Å². The van der Waals surface area contributed by atoms with Crippen LogP contribution < -0.4 is 0 Å². The Kier molecular flexibility index (Phi) is 3.43. The molecule has 0 aliphatic rings. The molecule has 0 amide bonds. The maximum absolute atomic E-state index is 9.20. The van der Waals surface area contributed by atoms with Gasteiger partial charge in [-0.15, -0.1) is 5.10 Å². The average molecular weight is 373 g/mol. The third kappa shape index (κ3) is 2.16. The first kappa shape index (κ1) is 12.7. The van der Waals surface area contributed by atoms with Gasteiger partial charge in [0.25, 0.3) is 0 Å². The van der Waals surface area contributed by atoms with E-state index in [0.717, 1.165) is 9.13 Å². The predicted molar refractivity (Wildman–Crippen MR) is 82.0 cm³/mol. The van der Waals surface area contributed by atoms with E-state index in [0.29, 0.717) is 17.1 Å². The molecule has 5 nitrogen and oxygen atoms in total. The van der Waals surface area contributed by atoms with Crippen LogP contribution in [0.25, 0.3) is 17.1 Å². The van der Waals surface area contributed by atoms with Gasteiger partial charge in [-0.25, -0.2) is 0 Å². The van der Waals surface area contributed by atoms with Gasteiger partial charge in [0, 0.05) is 9.13 Å². The van der Waals surface area contributed by atoms with E-state index in [1.165, 1.54) is 0 Å². The number of rotatable bonds is 2. The highest BCUT2D eigenvalue weighted by atomic mass is 127. The SMILES string of the molecule is N#Cc1ccccc1-n1nnnc1-c1ccccc1I. The first-order valence-electron chi connectivity index (χ1n) is 5.84. The standard InChI is InChI=1S/C14H8IN5/c15-12-7-3-2-6-11(12)14-17-18-19-20(14)13-8-4-1-5-10(13)9-16/h1-8H. The van der Waals surface area contributed by atoms with Crippen molar-refractivity contribution in [2.75, 3.05) is 0 Å². The summed E-state index contributed by atoms with van der Waals surface area (Å²) in [6.07, 6.45) is 0. The quantitative estimate of drug-likeness (QED) is 0.648. The lowest BCUT2D eigenvalue weighted by molar-refractivity contribution is 0.789. The van der Waals surface area contributed by atoms with Crippen LogP contribution in [0, 0.1) is 14.9 Å². The minimum absolute atomic E-state index is 0.534. The van der Waals surface area contributed by atoms with Crippen molar-refractivity contribution < 1.29 is 0 Å². The van der Waals surface area contributed by atoms with Crippen LogP contribution in [0.5, 0.6) is 0 Å². The first-order valence-corrected chi connectivity index (χ1v) is 6.92. The van der Waals surface area contributed by atoms with Crippen molar-refractivity contribution in [3.05, 3.63) is 57.7 Å². The van der Waals surface area contributed by atoms with Crippen molar-refractivity contribution in [2.45, 2.75) is 0 Å². The Morgan fingerprint density at radius 2 is 1.80 bits per heavy atom. The van der Waals surface area contributed by atoms with E-state index < -0.39 is 0 Å². The Morgan fingerprint density at radius 3 is 2.60 bits per heavy atom. The van der Waals surface area contributed by atoms with Gasteiger partial charge in [-0.2, -0.15) is 9.94 Å². The molecular weight excluding hydrogens is 365 g/mol. The number of nitriles is 1. The number of tetrazole rings is 1. The van der Waals surface area contributed by atoms with Crippen LogP contribution in [-0.4, -0.2) is 20.2 Å². The largest absolute Gasteiger partial charge is 0.192 e. The second-order valence-electron chi connectivity index (χ2n) is 4.02. The minimum atomic E-state index is 0.534. The number of hydrogen-bond acceptors (Lipinski definition) is 4. The lowest BCUT2D eigenvalue weighted by Gasteiger charge is -2.07. The second kappa shape index (κ2) is 5.38. The van der Waals surface area contributed by atoms with Crippen LogP contribution >= 0.6 is 22.6 Å². The molecule has 3 rings (SSSR count). The van der Waals surface area contributed by atoms with Crippen LogP contribution in [0.2, 0.25) is 0 Å². The van der Waals surface area contributed by atoms with Gasteiger partial charge >= 0.3 is 0 Å². The van der Waals surface area contributed by atoms with E-state index in [1.807, 2.05) is 42.5 Å². The molecule has 3 aromatic rings. The van der Waals surface area contributed by atoms with Crippen molar-refractivity contribution in [3.8, 4) is 23.1 Å². The average Bonchev–Trinajstić information content (AvgIpc) is 2.96. The van der Waals surface area contributed by atoms with Gasteiger partial charge in [-0.3, -0.25) is 0 Å². The van der Waals surface area contributed by atoms with Crippen LogP contribution in [0.3, 0.4) is 0 Å². The number of benzene rings is 2. The maximum Gasteiger partial charge on any atom is 0.188 e. The first-order chi connectivity index (χ1) is 9.81. The molecule has 0 saturated heterocycles. The lowest BCUT2D eigenvalue weighted by atomic mass is 10.1. The summed E-state index contributed by atoms with van der Waals surface area (Å²) in [6.45, 7) is 0. The van der Waals surface area contributed by atoms with E-state index in [9.17, 15) is 5.26 Å². The van der Waals surface area contributed by atoms with Crippen LogP contribution in [0.15, 0.2) is 48.5 Å². The Labute approximate surface area is 129 Å². The molecule has 0 aliphatic heterocycles.